The summed E-state index contributed by atoms with van der Waals surface area (Å²) in [5, 5.41) is 20.7. The van der Waals surface area contributed by atoms with Gasteiger partial charge in [0.2, 0.25) is 5.16 Å². The molecule has 0 aliphatic carbocycles. The van der Waals surface area contributed by atoms with Crippen LogP contribution < -0.4 is 5.56 Å². The van der Waals surface area contributed by atoms with Crippen molar-refractivity contribution >= 4 is 23.9 Å². The van der Waals surface area contributed by atoms with Crippen molar-refractivity contribution in [3.05, 3.63) is 16.0 Å². The third-order valence-electron chi connectivity index (χ3n) is 2.14. The number of rotatable bonds is 3. The van der Waals surface area contributed by atoms with Crippen molar-refractivity contribution in [2.75, 3.05) is 0 Å². The fraction of sp³-hybridized carbons (Fsp3) is 0.444. The lowest BCUT2D eigenvalue weighted by Gasteiger charge is -2.13. The molecule has 0 radical (unpaired) electrons. The molecule has 2 heterocycles. The van der Waals surface area contributed by atoms with Crippen molar-refractivity contribution in [2.24, 2.45) is 5.10 Å². The van der Waals surface area contributed by atoms with Crippen LogP contribution in [0.2, 0.25) is 0 Å². The minimum Gasteiger partial charge on any atom is -0.481 e. The molecule has 0 spiro atoms. The van der Waals surface area contributed by atoms with Gasteiger partial charge in [-0.25, -0.2) is 0 Å². The highest BCUT2D eigenvalue weighted by Crippen LogP contribution is 2.21. The van der Waals surface area contributed by atoms with E-state index < -0.39 is 11.5 Å². The Hall–Kier alpha value is -1.70. The van der Waals surface area contributed by atoms with E-state index in [9.17, 15) is 9.59 Å². The first-order chi connectivity index (χ1) is 8.08. The summed E-state index contributed by atoms with van der Waals surface area (Å²) in [6.45, 7) is 1.93. The highest BCUT2D eigenvalue weighted by Gasteiger charge is 2.18. The SMILES string of the molecule is CC1C=Nn2c(nnc(CCC(=O)O)c2=O)S1. The molecule has 7 nitrogen and oxygen atoms in total. The van der Waals surface area contributed by atoms with Crippen LogP contribution in [0.1, 0.15) is 19.0 Å². The van der Waals surface area contributed by atoms with E-state index >= 15 is 0 Å². The van der Waals surface area contributed by atoms with E-state index in [2.05, 4.69) is 15.3 Å². The van der Waals surface area contributed by atoms with Crippen LogP contribution in [0.3, 0.4) is 0 Å². The zero-order chi connectivity index (χ0) is 12.4. The number of carboxylic acid groups (broad SMARTS) is 1. The third kappa shape index (κ3) is 2.52. The molecule has 0 bridgehead atoms. The maximum absolute atomic E-state index is 11.9. The molecule has 0 aromatic carbocycles. The van der Waals surface area contributed by atoms with Crippen LogP contribution in [0, 0.1) is 0 Å². The van der Waals surface area contributed by atoms with Gasteiger partial charge in [-0.1, -0.05) is 11.8 Å². The standard InChI is InChI=1S/C9H10N4O3S/c1-5-4-10-13-8(16)6(2-3-7(14)15)11-12-9(13)17-5/h4-5H,2-3H2,1H3,(H,14,15). The zero-order valence-electron chi connectivity index (χ0n) is 9.03. The van der Waals surface area contributed by atoms with Crippen LogP contribution in [0.4, 0.5) is 0 Å². The highest BCUT2D eigenvalue weighted by molar-refractivity contribution is 8.00. The van der Waals surface area contributed by atoms with Crippen molar-refractivity contribution in [1.82, 2.24) is 14.9 Å². The van der Waals surface area contributed by atoms with Crippen molar-refractivity contribution < 1.29 is 9.90 Å². The Morgan fingerprint density at radius 2 is 2.35 bits per heavy atom. The molecular weight excluding hydrogens is 244 g/mol. The van der Waals surface area contributed by atoms with Crippen LogP contribution in [0.25, 0.3) is 0 Å². The maximum atomic E-state index is 11.9. The van der Waals surface area contributed by atoms with Crippen LogP contribution in [-0.2, 0) is 11.2 Å². The van der Waals surface area contributed by atoms with Crippen LogP contribution >= 0.6 is 11.8 Å². The summed E-state index contributed by atoms with van der Waals surface area (Å²) in [7, 11) is 0. The number of aryl methyl sites for hydroxylation is 1. The van der Waals surface area contributed by atoms with E-state index in [1.165, 1.54) is 11.8 Å². The number of hydrogen-bond acceptors (Lipinski definition) is 6. The van der Waals surface area contributed by atoms with Crippen molar-refractivity contribution in [3.63, 3.8) is 0 Å². The van der Waals surface area contributed by atoms with E-state index in [0.717, 1.165) is 4.68 Å². The summed E-state index contributed by atoms with van der Waals surface area (Å²) < 4.78 is 1.16. The quantitative estimate of drug-likeness (QED) is 0.814. The lowest BCUT2D eigenvalue weighted by molar-refractivity contribution is -0.136. The van der Waals surface area contributed by atoms with Crippen molar-refractivity contribution in [3.8, 4) is 0 Å². The number of nitrogens with zero attached hydrogens (tertiary/aromatic N) is 4. The second kappa shape index (κ2) is 4.66. The molecule has 2 rings (SSSR count). The summed E-state index contributed by atoms with van der Waals surface area (Å²) in [6, 6.07) is 0. The second-order valence-corrected chi connectivity index (χ2v) is 4.87. The lowest BCUT2D eigenvalue weighted by Crippen LogP contribution is -2.29. The van der Waals surface area contributed by atoms with E-state index in [-0.39, 0.29) is 23.8 Å². The average molecular weight is 254 g/mol. The number of aromatic nitrogens is 3. The molecule has 1 aliphatic rings. The molecule has 8 heteroatoms. The van der Waals surface area contributed by atoms with Crippen LogP contribution in [-0.4, -0.2) is 37.4 Å². The van der Waals surface area contributed by atoms with Gasteiger partial charge in [-0.15, -0.1) is 10.2 Å². The predicted octanol–water partition coefficient (Wildman–Crippen LogP) is -0.0164. The van der Waals surface area contributed by atoms with E-state index in [1.807, 2.05) is 6.92 Å². The molecule has 0 saturated heterocycles. The number of aliphatic carboxylic acids is 1. The third-order valence-corrected chi connectivity index (χ3v) is 3.09. The predicted molar refractivity (Wildman–Crippen MR) is 61.5 cm³/mol. The Morgan fingerprint density at radius 1 is 1.59 bits per heavy atom. The first-order valence-electron chi connectivity index (χ1n) is 4.99. The summed E-state index contributed by atoms with van der Waals surface area (Å²) >= 11 is 1.38. The van der Waals surface area contributed by atoms with E-state index in [1.54, 1.807) is 6.21 Å². The molecule has 0 fully saturated rings. The number of carboxylic acids is 1. The minimum absolute atomic E-state index is 0.0667. The monoisotopic (exact) mass is 254 g/mol. The first-order valence-corrected chi connectivity index (χ1v) is 5.87. The number of fused-ring (bicyclic) bond motifs is 1. The van der Waals surface area contributed by atoms with Crippen LogP contribution in [0.15, 0.2) is 15.1 Å². The van der Waals surface area contributed by atoms with Gasteiger partial charge in [0.25, 0.3) is 5.56 Å². The van der Waals surface area contributed by atoms with Crippen molar-refractivity contribution in [1.29, 1.82) is 0 Å². The van der Waals surface area contributed by atoms with Gasteiger partial charge in [0, 0.05) is 17.9 Å². The normalized spacial score (nSPS) is 17.8. The van der Waals surface area contributed by atoms with Crippen LogP contribution in [0.5, 0.6) is 0 Å². The minimum atomic E-state index is -0.972. The Balaban J connectivity index is 2.32. The topological polar surface area (TPSA) is 97.4 Å². The average Bonchev–Trinajstić information content (AvgIpc) is 2.27. The van der Waals surface area contributed by atoms with Gasteiger partial charge in [-0.3, -0.25) is 9.59 Å². The lowest BCUT2D eigenvalue weighted by atomic mass is 10.2. The Labute approximate surface area is 101 Å². The molecule has 1 atom stereocenters. The molecule has 0 amide bonds. The van der Waals surface area contributed by atoms with Gasteiger partial charge >= 0.3 is 5.97 Å². The van der Waals surface area contributed by atoms with Gasteiger partial charge in [-0.05, 0) is 6.92 Å². The molecule has 17 heavy (non-hydrogen) atoms. The Kier molecular flexibility index (Phi) is 3.23. The maximum Gasteiger partial charge on any atom is 0.303 e. The molecule has 1 aromatic heterocycles. The smallest absolute Gasteiger partial charge is 0.303 e. The Morgan fingerprint density at radius 3 is 3.06 bits per heavy atom. The van der Waals surface area contributed by atoms with Gasteiger partial charge in [0.05, 0.1) is 6.42 Å². The fourth-order valence-electron chi connectivity index (χ4n) is 1.31. The number of thioether (sulfide) groups is 1. The van der Waals surface area contributed by atoms with Gasteiger partial charge in [0.15, 0.2) is 0 Å². The summed E-state index contributed by atoms with van der Waals surface area (Å²) in [5.41, 5.74) is -0.268. The molecule has 0 saturated carbocycles. The Bertz CT molecular complexity index is 540. The summed E-state index contributed by atoms with van der Waals surface area (Å²) in [6.07, 6.45) is 1.56. The summed E-state index contributed by atoms with van der Waals surface area (Å²) in [5.74, 6) is -0.972. The largest absolute Gasteiger partial charge is 0.481 e. The molecule has 1 aromatic rings. The summed E-state index contributed by atoms with van der Waals surface area (Å²) in [4.78, 5) is 22.3. The van der Waals surface area contributed by atoms with Gasteiger partial charge < -0.3 is 5.11 Å². The van der Waals surface area contributed by atoms with Crippen molar-refractivity contribution in [2.45, 2.75) is 30.2 Å². The highest BCUT2D eigenvalue weighted by atomic mass is 32.2. The first kappa shape index (κ1) is 11.8. The van der Waals surface area contributed by atoms with Gasteiger partial charge in [0.1, 0.15) is 5.69 Å². The van der Waals surface area contributed by atoms with E-state index in [0.29, 0.717) is 5.16 Å². The molecular formula is C9H10N4O3S. The second-order valence-electron chi connectivity index (χ2n) is 3.53. The molecule has 1 N–H and O–H groups in total. The fourth-order valence-corrected chi connectivity index (χ4v) is 2.08. The molecule has 1 aliphatic heterocycles. The number of hydrogen-bond donors (Lipinski definition) is 1. The zero-order valence-corrected chi connectivity index (χ0v) is 9.85. The molecule has 90 valence electrons. The van der Waals surface area contributed by atoms with E-state index in [4.69, 9.17) is 5.11 Å². The molecule has 1 unspecified atom stereocenters. The number of carbonyl (C=O) groups is 1. The van der Waals surface area contributed by atoms with Gasteiger partial charge in [-0.2, -0.15) is 9.78 Å².